The molecular formula is C13H17NO. The maximum absolute atomic E-state index is 8.58. The second kappa shape index (κ2) is 4.84. The number of nitrogens with zero attached hydrogens (tertiary/aromatic N) is 1. The highest BCUT2D eigenvalue weighted by molar-refractivity contribution is 5.49. The van der Waals surface area contributed by atoms with Crippen molar-refractivity contribution in [2.75, 3.05) is 7.11 Å². The quantitative estimate of drug-likeness (QED) is 0.756. The molecule has 0 spiro atoms. The fourth-order valence-corrected chi connectivity index (χ4v) is 1.91. The zero-order valence-corrected chi connectivity index (χ0v) is 9.85. The van der Waals surface area contributed by atoms with Crippen molar-refractivity contribution < 1.29 is 4.74 Å². The van der Waals surface area contributed by atoms with Crippen LogP contribution in [0.3, 0.4) is 0 Å². The van der Waals surface area contributed by atoms with Gasteiger partial charge in [-0.15, -0.1) is 0 Å². The van der Waals surface area contributed by atoms with Crippen LogP contribution in [0.5, 0.6) is 5.75 Å². The highest BCUT2D eigenvalue weighted by Gasteiger charge is 2.09. The number of hydrogen-bond donors (Lipinski definition) is 0. The Balaban J connectivity index is 3.17. The number of methoxy groups -OCH3 is 1. The third-order valence-electron chi connectivity index (χ3n) is 2.84. The van der Waals surface area contributed by atoms with E-state index >= 15 is 0 Å². The summed E-state index contributed by atoms with van der Waals surface area (Å²) in [5, 5.41) is 8.58. The van der Waals surface area contributed by atoms with Crippen molar-refractivity contribution in [3.05, 3.63) is 28.3 Å². The van der Waals surface area contributed by atoms with Gasteiger partial charge < -0.3 is 4.74 Å². The van der Waals surface area contributed by atoms with Crippen LogP contribution in [0.4, 0.5) is 0 Å². The first-order valence-corrected chi connectivity index (χ1v) is 5.12. The Morgan fingerprint density at radius 1 is 1.27 bits per heavy atom. The maximum atomic E-state index is 8.58. The van der Waals surface area contributed by atoms with E-state index in [1.54, 1.807) is 7.11 Å². The molecule has 15 heavy (non-hydrogen) atoms. The molecule has 0 heterocycles. The van der Waals surface area contributed by atoms with Gasteiger partial charge in [0.15, 0.2) is 0 Å². The molecule has 0 amide bonds. The summed E-state index contributed by atoms with van der Waals surface area (Å²) in [6.07, 6.45) is 1.40. The maximum Gasteiger partial charge on any atom is 0.124 e. The van der Waals surface area contributed by atoms with Crippen LogP contribution in [0.25, 0.3) is 0 Å². The average molecular weight is 203 g/mol. The van der Waals surface area contributed by atoms with Gasteiger partial charge in [0.25, 0.3) is 0 Å². The molecule has 0 unspecified atom stereocenters. The van der Waals surface area contributed by atoms with E-state index in [1.807, 2.05) is 6.92 Å². The molecule has 1 rings (SSSR count). The van der Waals surface area contributed by atoms with E-state index in [0.29, 0.717) is 6.42 Å². The van der Waals surface area contributed by atoms with Crippen molar-refractivity contribution in [1.29, 1.82) is 5.26 Å². The fourth-order valence-electron chi connectivity index (χ4n) is 1.91. The van der Waals surface area contributed by atoms with Gasteiger partial charge in [-0.3, -0.25) is 0 Å². The van der Waals surface area contributed by atoms with Crippen molar-refractivity contribution in [3.8, 4) is 11.8 Å². The van der Waals surface area contributed by atoms with Crippen molar-refractivity contribution >= 4 is 0 Å². The first kappa shape index (κ1) is 11.6. The average Bonchev–Trinajstić information content (AvgIpc) is 2.22. The summed E-state index contributed by atoms with van der Waals surface area (Å²) in [6, 6.07) is 4.30. The van der Waals surface area contributed by atoms with Crippen LogP contribution >= 0.6 is 0 Å². The minimum absolute atomic E-state index is 0.575. The second-order valence-corrected chi connectivity index (χ2v) is 3.79. The van der Waals surface area contributed by atoms with Crippen molar-refractivity contribution in [1.82, 2.24) is 0 Å². The molecule has 0 fully saturated rings. The monoisotopic (exact) mass is 203 g/mol. The molecule has 0 aliphatic carbocycles. The van der Waals surface area contributed by atoms with E-state index in [9.17, 15) is 0 Å². The Morgan fingerprint density at radius 3 is 2.47 bits per heavy atom. The highest BCUT2D eigenvalue weighted by atomic mass is 16.5. The first-order valence-electron chi connectivity index (χ1n) is 5.12. The van der Waals surface area contributed by atoms with Gasteiger partial charge in [0.05, 0.1) is 13.2 Å². The lowest BCUT2D eigenvalue weighted by atomic mass is 9.96. The van der Waals surface area contributed by atoms with E-state index < -0.39 is 0 Å². The predicted octanol–water partition coefficient (Wildman–Crippen LogP) is 3.08. The van der Waals surface area contributed by atoms with Crippen LogP contribution in [0, 0.1) is 32.1 Å². The van der Waals surface area contributed by atoms with E-state index in [0.717, 1.165) is 17.7 Å². The zero-order valence-electron chi connectivity index (χ0n) is 9.85. The van der Waals surface area contributed by atoms with E-state index in [2.05, 4.69) is 26.0 Å². The Hall–Kier alpha value is -1.49. The van der Waals surface area contributed by atoms with Crippen LogP contribution in [-0.4, -0.2) is 7.11 Å². The van der Waals surface area contributed by atoms with Crippen LogP contribution in [0.1, 0.15) is 28.7 Å². The summed E-state index contributed by atoms with van der Waals surface area (Å²) < 4.78 is 5.35. The minimum atomic E-state index is 0.575. The lowest BCUT2D eigenvalue weighted by molar-refractivity contribution is 0.408. The number of aryl methyl sites for hydroxylation is 2. The number of ether oxygens (including phenoxy) is 1. The van der Waals surface area contributed by atoms with Crippen LogP contribution in [0.2, 0.25) is 0 Å². The molecule has 0 N–H and O–H groups in total. The summed E-state index contributed by atoms with van der Waals surface area (Å²) >= 11 is 0. The van der Waals surface area contributed by atoms with E-state index in [-0.39, 0.29) is 0 Å². The number of hydrogen-bond acceptors (Lipinski definition) is 2. The molecule has 2 heteroatoms. The number of nitriles is 1. The Morgan fingerprint density at radius 2 is 1.93 bits per heavy atom. The highest BCUT2D eigenvalue weighted by Crippen LogP contribution is 2.28. The van der Waals surface area contributed by atoms with Crippen LogP contribution in [-0.2, 0) is 6.42 Å². The van der Waals surface area contributed by atoms with E-state index in [1.165, 1.54) is 16.7 Å². The van der Waals surface area contributed by atoms with Gasteiger partial charge in [-0.1, -0.05) is 6.07 Å². The number of benzene rings is 1. The van der Waals surface area contributed by atoms with Gasteiger partial charge in [-0.25, -0.2) is 0 Å². The third kappa shape index (κ3) is 2.30. The Labute approximate surface area is 91.5 Å². The van der Waals surface area contributed by atoms with Gasteiger partial charge in [-0.2, -0.15) is 5.26 Å². The molecule has 0 radical (unpaired) electrons. The summed E-state index contributed by atoms with van der Waals surface area (Å²) in [4.78, 5) is 0. The zero-order chi connectivity index (χ0) is 11.4. The van der Waals surface area contributed by atoms with E-state index in [4.69, 9.17) is 10.00 Å². The molecule has 2 nitrogen and oxygen atoms in total. The number of rotatable bonds is 3. The molecule has 0 aromatic heterocycles. The summed E-state index contributed by atoms with van der Waals surface area (Å²) in [7, 11) is 1.70. The summed E-state index contributed by atoms with van der Waals surface area (Å²) in [6.45, 7) is 6.20. The Bertz CT molecular complexity index is 402. The molecule has 0 saturated heterocycles. The molecule has 0 atom stereocenters. The lowest BCUT2D eigenvalue weighted by Crippen LogP contribution is -1.98. The third-order valence-corrected chi connectivity index (χ3v) is 2.84. The molecule has 80 valence electrons. The van der Waals surface area contributed by atoms with Gasteiger partial charge in [0.1, 0.15) is 5.75 Å². The SMILES string of the molecule is COc1c(C)cc(CCC#N)c(C)c1C. The van der Waals surface area contributed by atoms with Crippen molar-refractivity contribution in [2.45, 2.75) is 33.6 Å². The summed E-state index contributed by atoms with van der Waals surface area (Å²) in [5.74, 6) is 0.966. The normalized spacial score (nSPS) is 9.80. The molecule has 0 bridgehead atoms. The second-order valence-electron chi connectivity index (χ2n) is 3.79. The molecule has 1 aromatic carbocycles. The molecule has 0 saturated carbocycles. The summed E-state index contributed by atoms with van der Waals surface area (Å²) in [5.41, 5.74) is 4.83. The minimum Gasteiger partial charge on any atom is -0.496 e. The standard InChI is InChI=1S/C13H17NO/c1-9-8-12(6-5-7-14)10(2)11(3)13(9)15-4/h8H,5-6H2,1-4H3. The molecule has 0 aliphatic rings. The molecule has 1 aromatic rings. The van der Waals surface area contributed by atoms with Crippen LogP contribution in [0.15, 0.2) is 6.07 Å². The van der Waals surface area contributed by atoms with Crippen molar-refractivity contribution in [3.63, 3.8) is 0 Å². The smallest absolute Gasteiger partial charge is 0.124 e. The molecular weight excluding hydrogens is 186 g/mol. The fraction of sp³-hybridized carbons (Fsp3) is 0.462. The van der Waals surface area contributed by atoms with Gasteiger partial charge in [0.2, 0.25) is 0 Å². The lowest BCUT2D eigenvalue weighted by Gasteiger charge is -2.14. The van der Waals surface area contributed by atoms with Gasteiger partial charge in [-0.05, 0) is 49.4 Å². The first-order chi connectivity index (χ1) is 7.11. The molecule has 0 aliphatic heterocycles. The van der Waals surface area contributed by atoms with Crippen LogP contribution < -0.4 is 4.74 Å². The van der Waals surface area contributed by atoms with Gasteiger partial charge in [0, 0.05) is 6.42 Å². The Kier molecular flexibility index (Phi) is 3.74. The largest absolute Gasteiger partial charge is 0.496 e. The van der Waals surface area contributed by atoms with Gasteiger partial charge >= 0.3 is 0 Å². The predicted molar refractivity (Wildman–Crippen MR) is 61.1 cm³/mol. The van der Waals surface area contributed by atoms with Crippen molar-refractivity contribution in [2.24, 2.45) is 0 Å². The topological polar surface area (TPSA) is 33.0 Å².